The van der Waals surface area contributed by atoms with Gasteiger partial charge in [0, 0.05) is 22.0 Å². The number of rotatable bonds is 4. The fraction of sp³-hybridized carbons (Fsp3) is 0.200. The Hall–Kier alpha value is -1.52. The summed E-state index contributed by atoms with van der Waals surface area (Å²) in [6.07, 6.45) is 0. The van der Waals surface area contributed by atoms with Crippen LogP contribution in [0.3, 0.4) is 0 Å². The number of halogens is 1. The Kier molecular flexibility index (Phi) is 4.45. The van der Waals surface area contributed by atoms with Crippen molar-refractivity contribution in [2.45, 2.75) is 16.3 Å². The van der Waals surface area contributed by atoms with Crippen molar-refractivity contribution in [3.05, 3.63) is 53.8 Å². The highest BCUT2D eigenvalue weighted by molar-refractivity contribution is 7.99. The van der Waals surface area contributed by atoms with Gasteiger partial charge in [0.1, 0.15) is 5.82 Å². The van der Waals surface area contributed by atoms with E-state index in [0.29, 0.717) is 5.69 Å². The highest BCUT2D eigenvalue weighted by atomic mass is 32.2. The maximum atomic E-state index is 13.3. The lowest BCUT2D eigenvalue weighted by Gasteiger charge is -2.14. The number of nitrogen functional groups attached to an aromatic ring is 1. The molecular formula is C15H17FN2S. The number of hydrogen-bond donors (Lipinski definition) is 1. The molecule has 0 heterocycles. The van der Waals surface area contributed by atoms with E-state index in [-0.39, 0.29) is 5.82 Å². The second-order valence-corrected chi connectivity index (χ2v) is 5.71. The Labute approximate surface area is 117 Å². The van der Waals surface area contributed by atoms with Crippen LogP contribution in [0.5, 0.6) is 0 Å². The van der Waals surface area contributed by atoms with Crippen molar-refractivity contribution in [2.75, 3.05) is 19.8 Å². The fourth-order valence-electron chi connectivity index (χ4n) is 1.79. The number of benzene rings is 2. The fourth-order valence-corrected chi connectivity index (χ4v) is 2.79. The molecule has 2 nitrogen and oxygen atoms in total. The highest BCUT2D eigenvalue weighted by Gasteiger charge is 2.08. The zero-order valence-corrected chi connectivity index (χ0v) is 11.9. The van der Waals surface area contributed by atoms with Gasteiger partial charge in [-0.25, -0.2) is 4.39 Å². The molecule has 0 spiro atoms. The average molecular weight is 275 g/mol. The Morgan fingerprint density at radius 3 is 2.58 bits per heavy atom. The first-order chi connectivity index (χ1) is 9.06. The third kappa shape index (κ3) is 3.72. The summed E-state index contributed by atoms with van der Waals surface area (Å²) >= 11 is 1.51. The first-order valence-corrected chi connectivity index (χ1v) is 6.83. The van der Waals surface area contributed by atoms with E-state index < -0.39 is 0 Å². The molecule has 2 aromatic rings. The van der Waals surface area contributed by atoms with E-state index in [1.54, 1.807) is 6.07 Å². The van der Waals surface area contributed by atoms with Crippen LogP contribution in [-0.4, -0.2) is 19.0 Å². The van der Waals surface area contributed by atoms with Crippen LogP contribution in [0.25, 0.3) is 0 Å². The van der Waals surface area contributed by atoms with Crippen LogP contribution >= 0.6 is 11.8 Å². The number of nitrogens with zero attached hydrogens (tertiary/aromatic N) is 1. The van der Waals surface area contributed by atoms with Crippen molar-refractivity contribution >= 4 is 17.4 Å². The van der Waals surface area contributed by atoms with Crippen molar-refractivity contribution in [1.29, 1.82) is 0 Å². The topological polar surface area (TPSA) is 29.3 Å². The molecular weight excluding hydrogens is 258 g/mol. The van der Waals surface area contributed by atoms with Crippen LogP contribution in [-0.2, 0) is 6.54 Å². The maximum Gasteiger partial charge on any atom is 0.124 e. The van der Waals surface area contributed by atoms with E-state index in [1.165, 1.54) is 29.5 Å². The summed E-state index contributed by atoms with van der Waals surface area (Å²) in [5.41, 5.74) is 7.70. The summed E-state index contributed by atoms with van der Waals surface area (Å²) in [5, 5.41) is 0. The summed E-state index contributed by atoms with van der Waals surface area (Å²) in [5.74, 6) is -0.262. The van der Waals surface area contributed by atoms with Gasteiger partial charge in [0.25, 0.3) is 0 Å². The minimum atomic E-state index is -0.262. The summed E-state index contributed by atoms with van der Waals surface area (Å²) in [6.45, 7) is 0.846. The van der Waals surface area contributed by atoms with E-state index in [2.05, 4.69) is 11.0 Å². The minimum absolute atomic E-state index is 0.262. The molecule has 0 aromatic heterocycles. The van der Waals surface area contributed by atoms with Crippen LogP contribution in [0.1, 0.15) is 5.56 Å². The third-order valence-corrected chi connectivity index (χ3v) is 3.85. The molecule has 2 N–H and O–H groups in total. The lowest BCUT2D eigenvalue weighted by molar-refractivity contribution is 0.399. The SMILES string of the molecule is CN(C)Cc1ccccc1Sc1cc([18F])ccc1N. The van der Waals surface area contributed by atoms with Gasteiger partial charge in [0.05, 0.1) is 0 Å². The molecule has 0 amide bonds. The standard InChI is InChI=1S/C15H17FN2S/c1-18(2)10-11-5-3-4-6-14(11)19-15-9-12(16)7-8-13(15)17/h3-9H,10,17H2,1-2H3/i16-1. The largest absolute Gasteiger partial charge is 0.398 e. The van der Waals surface area contributed by atoms with Gasteiger partial charge in [-0.3, -0.25) is 0 Å². The van der Waals surface area contributed by atoms with Crippen molar-refractivity contribution in [1.82, 2.24) is 4.90 Å². The smallest absolute Gasteiger partial charge is 0.124 e. The molecule has 0 unspecified atom stereocenters. The molecule has 0 radical (unpaired) electrons. The number of nitrogens with two attached hydrogens (primary N) is 1. The molecule has 0 aliphatic heterocycles. The molecule has 0 bridgehead atoms. The molecule has 0 saturated heterocycles. The molecule has 4 heteroatoms. The van der Waals surface area contributed by atoms with Crippen molar-refractivity contribution in [2.24, 2.45) is 0 Å². The molecule has 2 rings (SSSR count). The second-order valence-electron chi connectivity index (χ2n) is 4.63. The maximum absolute atomic E-state index is 13.3. The summed E-state index contributed by atoms with van der Waals surface area (Å²) in [7, 11) is 4.05. The number of anilines is 1. The molecule has 19 heavy (non-hydrogen) atoms. The Balaban J connectivity index is 2.30. The van der Waals surface area contributed by atoms with Gasteiger partial charge >= 0.3 is 0 Å². The Morgan fingerprint density at radius 2 is 1.84 bits per heavy atom. The van der Waals surface area contributed by atoms with Crippen LogP contribution in [0.15, 0.2) is 52.3 Å². The highest BCUT2D eigenvalue weighted by Crippen LogP contribution is 2.34. The molecule has 0 aliphatic rings. The molecule has 0 saturated carbocycles. The zero-order chi connectivity index (χ0) is 13.8. The monoisotopic (exact) mass is 275 g/mol. The average Bonchev–Trinajstić information content (AvgIpc) is 2.35. The van der Waals surface area contributed by atoms with E-state index in [9.17, 15) is 4.39 Å². The van der Waals surface area contributed by atoms with Crippen molar-refractivity contribution < 1.29 is 4.39 Å². The predicted octanol–water partition coefficient (Wildman–Crippen LogP) is 3.62. The van der Waals surface area contributed by atoms with Gasteiger partial charge in [-0.15, -0.1) is 0 Å². The quantitative estimate of drug-likeness (QED) is 0.864. The molecule has 0 fully saturated rings. The summed E-state index contributed by atoms with van der Waals surface area (Å²) in [6, 6.07) is 12.6. The van der Waals surface area contributed by atoms with E-state index >= 15 is 0 Å². The molecule has 100 valence electrons. The first-order valence-electron chi connectivity index (χ1n) is 6.02. The minimum Gasteiger partial charge on any atom is -0.398 e. The van der Waals surface area contributed by atoms with Gasteiger partial charge in [-0.2, -0.15) is 0 Å². The van der Waals surface area contributed by atoms with E-state index in [0.717, 1.165) is 16.3 Å². The Morgan fingerprint density at radius 1 is 1.11 bits per heavy atom. The van der Waals surface area contributed by atoms with Crippen LogP contribution in [0.2, 0.25) is 0 Å². The normalized spacial score (nSPS) is 10.9. The van der Waals surface area contributed by atoms with E-state index in [1.807, 2.05) is 32.3 Å². The zero-order valence-electron chi connectivity index (χ0n) is 11.1. The predicted molar refractivity (Wildman–Crippen MR) is 78.8 cm³/mol. The molecule has 2 aromatic carbocycles. The lowest BCUT2D eigenvalue weighted by atomic mass is 10.2. The van der Waals surface area contributed by atoms with Gasteiger partial charge in [-0.1, -0.05) is 30.0 Å². The lowest BCUT2D eigenvalue weighted by Crippen LogP contribution is -2.11. The van der Waals surface area contributed by atoms with Gasteiger partial charge in [0.15, 0.2) is 0 Å². The van der Waals surface area contributed by atoms with E-state index in [4.69, 9.17) is 5.73 Å². The third-order valence-electron chi connectivity index (χ3n) is 2.65. The second kappa shape index (κ2) is 6.08. The molecule has 0 atom stereocenters. The van der Waals surface area contributed by atoms with Crippen LogP contribution in [0, 0.1) is 5.82 Å². The van der Waals surface area contributed by atoms with Crippen molar-refractivity contribution in [3.8, 4) is 0 Å². The van der Waals surface area contributed by atoms with Crippen molar-refractivity contribution in [3.63, 3.8) is 0 Å². The number of hydrogen-bond acceptors (Lipinski definition) is 3. The van der Waals surface area contributed by atoms with Gasteiger partial charge in [0.2, 0.25) is 0 Å². The summed E-state index contributed by atoms with van der Waals surface area (Å²) in [4.78, 5) is 3.97. The van der Waals surface area contributed by atoms with Gasteiger partial charge < -0.3 is 10.6 Å². The van der Waals surface area contributed by atoms with Gasteiger partial charge in [-0.05, 0) is 43.9 Å². The summed E-state index contributed by atoms with van der Waals surface area (Å²) < 4.78 is 13.3. The first kappa shape index (κ1) is 13.9. The van der Waals surface area contributed by atoms with Crippen LogP contribution < -0.4 is 5.73 Å². The van der Waals surface area contributed by atoms with Crippen LogP contribution in [0.4, 0.5) is 10.1 Å². The Bertz CT molecular complexity index is 570. The molecule has 0 aliphatic carbocycles.